The Morgan fingerprint density at radius 3 is 2.71 bits per heavy atom. The summed E-state index contributed by atoms with van der Waals surface area (Å²) in [6, 6.07) is 9.78. The third-order valence-corrected chi connectivity index (χ3v) is 4.35. The van der Waals surface area contributed by atoms with Crippen molar-refractivity contribution in [3.05, 3.63) is 30.3 Å². The lowest BCUT2D eigenvalue weighted by atomic mass is 10.3. The molecule has 0 spiro atoms. The number of aromatic nitrogens is 5. The Balaban J connectivity index is 1.55. The van der Waals surface area contributed by atoms with Gasteiger partial charge in [-0.15, -0.1) is 15.3 Å². The molecule has 0 atom stereocenters. The van der Waals surface area contributed by atoms with Gasteiger partial charge in [-0.05, 0) is 12.1 Å². The van der Waals surface area contributed by atoms with Crippen LogP contribution in [0.25, 0.3) is 5.13 Å². The molecule has 3 N–H and O–H groups in total. The second-order valence-corrected chi connectivity index (χ2v) is 6.12. The largest absolute Gasteiger partial charge is 0.378 e. The van der Waals surface area contributed by atoms with Crippen molar-refractivity contribution in [1.82, 2.24) is 25.0 Å². The zero-order valence-electron chi connectivity index (χ0n) is 12.8. The summed E-state index contributed by atoms with van der Waals surface area (Å²) < 4.78 is 6.85. The number of nitrogen functional groups attached to an aromatic ring is 1. The smallest absolute Gasteiger partial charge is 0.247 e. The third-order valence-electron chi connectivity index (χ3n) is 3.54. The SMILES string of the molecule is Nc1nc(N2CCOCC2)nn1-c1nnc(Nc2ccccc2)s1. The van der Waals surface area contributed by atoms with E-state index in [1.165, 1.54) is 16.0 Å². The van der Waals surface area contributed by atoms with Crippen LogP contribution in [0.3, 0.4) is 0 Å². The normalized spacial score (nSPS) is 14.8. The van der Waals surface area contributed by atoms with E-state index in [1.807, 2.05) is 35.2 Å². The second-order valence-electron chi connectivity index (χ2n) is 5.16. The average Bonchev–Trinajstić information content (AvgIpc) is 3.23. The van der Waals surface area contributed by atoms with E-state index in [4.69, 9.17) is 10.5 Å². The summed E-state index contributed by atoms with van der Waals surface area (Å²) in [6.07, 6.45) is 0. The summed E-state index contributed by atoms with van der Waals surface area (Å²) in [5.74, 6) is 0.877. The molecule has 1 aliphatic heterocycles. The van der Waals surface area contributed by atoms with Gasteiger partial charge in [0.15, 0.2) is 0 Å². The molecule has 10 heteroatoms. The van der Waals surface area contributed by atoms with Gasteiger partial charge >= 0.3 is 0 Å². The summed E-state index contributed by atoms with van der Waals surface area (Å²) in [7, 11) is 0. The molecule has 3 aromatic rings. The number of hydrogen-bond acceptors (Lipinski definition) is 9. The van der Waals surface area contributed by atoms with Gasteiger partial charge in [0.2, 0.25) is 22.2 Å². The lowest BCUT2D eigenvalue weighted by molar-refractivity contribution is 0.122. The summed E-state index contributed by atoms with van der Waals surface area (Å²) in [5, 5.41) is 17.2. The summed E-state index contributed by atoms with van der Waals surface area (Å²) in [5.41, 5.74) is 6.94. The molecule has 0 radical (unpaired) electrons. The lowest BCUT2D eigenvalue weighted by Crippen LogP contribution is -2.37. The third kappa shape index (κ3) is 3.01. The standard InChI is InChI=1S/C14H16N8OS/c15-11-17-12(21-6-8-23-9-7-21)20-22(11)14-19-18-13(24-14)16-10-4-2-1-3-5-10/h1-5H,6-9H2,(H,16,18)(H2,15,17,20). The Kier molecular flexibility index (Phi) is 3.97. The summed E-state index contributed by atoms with van der Waals surface area (Å²) in [4.78, 5) is 6.36. The zero-order chi connectivity index (χ0) is 16.4. The number of hydrogen-bond donors (Lipinski definition) is 2. The Hall–Kier alpha value is -2.72. The molecule has 9 nitrogen and oxygen atoms in total. The van der Waals surface area contributed by atoms with E-state index in [9.17, 15) is 0 Å². The van der Waals surface area contributed by atoms with Gasteiger partial charge in [-0.3, -0.25) is 0 Å². The molecule has 1 saturated heterocycles. The topological polar surface area (TPSA) is 107 Å². The monoisotopic (exact) mass is 344 g/mol. The Morgan fingerprint density at radius 1 is 1.12 bits per heavy atom. The van der Waals surface area contributed by atoms with Crippen LogP contribution in [0, 0.1) is 0 Å². The molecule has 1 aromatic carbocycles. The number of nitrogens with two attached hydrogens (primary N) is 1. The Bertz CT molecular complexity index is 811. The molecule has 1 fully saturated rings. The van der Waals surface area contributed by atoms with E-state index in [1.54, 1.807) is 0 Å². The molecule has 3 heterocycles. The average molecular weight is 344 g/mol. The van der Waals surface area contributed by atoms with E-state index in [0.29, 0.717) is 35.4 Å². The van der Waals surface area contributed by atoms with Crippen LogP contribution in [-0.2, 0) is 4.74 Å². The van der Waals surface area contributed by atoms with Gasteiger partial charge in [0.25, 0.3) is 0 Å². The van der Waals surface area contributed by atoms with Gasteiger partial charge in [-0.2, -0.15) is 9.67 Å². The highest BCUT2D eigenvalue weighted by Crippen LogP contribution is 2.25. The van der Waals surface area contributed by atoms with Crippen molar-refractivity contribution in [2.45, 2.75) is 0 Å². The minimum Gasteiger partial charge on any atom is -0.378 e. The van der Waals surface area contributed by atoms with E-state index in [2.05, 4.69) is 25.6 Å². The molecule has 0 saturated carbocycles. The molecular weight excluding hydrogens is 328 g/mol. The number of anilines is 4. The van der Waals surface area contributed by atoms with E-state index in [-0.39, 0.29) is 0 Å². The number of morpholine rings is 1. The van der Waals surface area contributed by atoms with Crippen molar-refractivity contribution in [3.8, 4) is 5.13 Å². The molecule has 2 aromatic heterocycles. The molecule has 1 aliphatic rings. The number of ether oxygens (including phenoxy) is 1. The zero-order valence-corrected chi connectivity index (χ0v) is 13.6. The second kappa shape index (κ2) is 6.42. The summed E-state index contributed by atoms with van der Waals surface area (Å²) in [6.45, 7) is 2.83. The number of nitrogens with zero attached hydrogens (tertiary/aromatic N) is 6. The van der Waals surface area contributed by atoms with Crippen molar-refractivity contribution in [2.24, 2.45) is 0 Å². The van der Waals surface area contributed by atoms with E-state index in [0.717, 1.165) is 18.8 Å². The molecule has 0 unspecified atom stereocenters. The highest BCUT2D eigenvalue weighted by Gasteiger charge is 2.19. The fourth-order valence-electron chi connectivity index (χ4n) is 2.35. The van der Waals surface area contributed by atoms with Crippen LogP contribution in [-0.4, -0.2) is 51.3 Å². The Morgan fingerprint density at radius 2 is 1.92 bits per heavy atom. The van der Waals surface area contributed by atoms with Crippen LogP contribution < -0.4 is 16.0 Å². The minimum absolute atomic E-state index is 0.291. The maximum atomic E-state index is 5.99. The Labute approximate surface area is 142 Å². The van der Waals surface area contributed by atoms with Crippen LogP contribution >= 0.6 is 11.3 Å². The van der Waals surface area contributed by atoms with E-state index < -0.39 is 0 Å². The van der Waals surface area contributed by atoms with Crippen molar-refractivity contribution < 1.29 is 4.74 Å². The first kappa shape index (κ1) is 14.8. The number of nitrogens with one attached hydrogen (secondary N) is 1. The molecule has 24 heavy (non-hydrogen) atoms. The van der Waals surface area contributed by atoms with Crippen molar-refractivity contribution in [2.75, 3.05) is 42.3 Å². The first-order chi connectivity index (χ1) is 11.8. The fraction of sp³-hybridized carbons (Fsp3) is 0.286. The highest BCUT2D eigenvalue weighted by molar-refractivity contribution is 7.17. The maximum absolute atomic E-state index is 5.99. The van der Waals surface area contributed by atoms with Gasteiger partial charge < -0.3 is 20.7 Å². The fourth-order valence-corrected chi connectivity index (χ4v) is 3.07. The van der Waals surface area contributed by atoms with Crippen LogP contribution in [0.4, 0.5) is 22.7 Å². The van der Waals surface area contributed by atoms with Crippen LogP contribution in [0.5, 0.6) is 0 Å². The number of benzene rings is 1. The molecular formula is C14H16N8OS. The van der Waals surface area contributed by atoms with Crippen LogP contribution in [0.1, 0.15) is 0 Å². The quantitative estimate of drug-likeness (QED) is 0.729. The predicted molar refractivity (Wildman–Crippen MR) is 92.0 cm³/mol. The first-order valence-corrected chi connectivity index (χ1v) is 8.32. The lowest BCUT2D eigenvalue weighted by Gasteiger charge is -2.25. The maximum Gasteiger partial charge on any atom is 0.247 e. The van der Waals surface area contributed by atoms with Crippen LogP contribution in [0.2, 0.25) is 0 Å². The van der Waals surface area contributed by atoms with Crippen molar-refractivity contribution >= 4 is 34.1 Å². The van der Waals surface area contributed by atoms with Crippen molar-refractivity contribution in [3.63, 3.8) is 0 Å². The van der Waals surface area contributed by atoms with Gasteiger partial charge in [0.05, 0.1) is 13.2 Å². The van der Waals surface area contributed by atoms with Gasteiger partial charge in [0, 0.05) is 18.8 Å². The molecule has 4 rings (SSSR count). The van der Waals surface area contributed by atoms with Crippen LogP contribution in [0.15, 0.2) is 30.3 Å². The van der Waals surface area contributed by atoms with Gasteiger partial charge in [0.1, 0.15) is 0 Å². The van der Waals surface area contributed by atoms with Gasteiger partial charge in [-0.1, -0.05) is 29.5 Å². The first-order valence-electron chi connectivity index (χ1n) is 7.51. The molecule has 0 bridgehead atoms. The molecule has 0 aliphatic carbocycles. The molecule has 0 amide bonds. The van der Waals surface area contributed by atoms with E-state index >= 15 is 0 Å². The molecule has 124 valence electrons. The minimum atomic E-state index is 0.291. The number of para-hydroxylation sites is 1. The number of rotatable bonds is 4. The van der Waals surface area contributed by atoms with Gasteiger partial charge in [-0.25, -0.2) is 0 Å². The summed E-state index contributed by atoms with van der Waals surface area (Å²) >= 11 is 1.36. The van der Waals surface area contributed by atoms with Crippen molar-refractivity contribution in [1.29, 1.82) is 0 Å². The highest BCUT2D eigenvalue weighted by atomic mass is 32.1. The predicted octanol–water partition coefficient (Wildman–Crippen LogP) is 1.28.